The summed E-state index contributed by atoms with van der Waals surface area (Å²) in [5.41, 5.74) is 0.980. The Morgan fingerprint density at radius 2 is 1.78 bits per heavy atom. The van der Waals surface area contributed by atoms with E-state index in [4.69, 9.17) is 46.9 Å². The molecule has 37 heavy (non-hydrogen) atoms. The topological polar surface area (TPSA) is 66.5 Å². The van der Waals surface area contributed by atoms with Crippen molar-refractivity contribution in [3.05, 3.63) is 51.5 Å². The van der Waals surface area contributed by atoms with Gasteiger partial charge in [-0.2, -0.15) is 0 Å². The molecule has 2 saturated heterocycles. The molecule has 0 aromatic heterocycles. The van der Waals surface area contributed by atoms with E-state index >= 15 is 0 Å². The van der Waals surface area contributed by atoms with Crippen molar-refractivity contribution in [1.29, 1.82) is 0 Å². The van der Waals surface area contributed by atoms with E-state index in [-0.39, 0.29) is 18.3 Å². The summed E-state index contributed by atoms with van der Waals surface area (Å²) in [6.45, 7) is 3.69. The molecule has 2 heterocycles. The third kappa shape index (κ3) is 5.65. The maximum Gasteiger partial charge on any atom is 0.254 e. The fourth-order valence-electron chi connectivity index (χ4n) is 5.51. The summed E-state index contributed by atoms with van der Waals surface area (Å²) in [5, 5.41) is 0.977. The van der Waals surface area contributed by atoms with Crippen molar-refractivity contribution in [2.45, 2.75) is 56.8 Å². The minimum Gasteiger partial charge on any atom is -0.493 e. The van der Waals surface area contributed by atoms with Crippen LogP contribution in [0.25, 0.3) is 0 Å². The zero-order chi connectivity index (χ0) is 26.6. The van der Waals surface area contributed by atoms with Crippen molar-refractivity contribution in [3.8, 4) is 17.2 Å². The lowest BCUT2D eigenvalue weighted by atomic mass is 9.74. The van der Waals surface area contributed by atoms with Crippen molar-refractivity contribution in [3.63, 3.8) is 0 Å². The molecule has 2 aliphatic rings. The highest BCUT2D eigenvalue weighted by Crippen LogP contribution is 2.45. The quantitative estimate of drug-likeness (QED) is 0.373. The Morgan fingerprint density at radius 1 is 1.05 bits per heavy atom. The van der Waals surface area contributed by atoms with Crippen LogP contribution in [0.5, 0.6) is 17.2 Å². The van der Waals surface area contributed by atoms with Gasteiger partial charge in [-0.1, -0.05) is 42.6 Å². The van der Waals surface area contributed by atoms with Gasteiger partial charge in [-0.05, 0) is 55.5 Å². The highest BCUT2D eigenvalue weighted by atomic mass is 35.5. The molecule has 0 N–H and O–H groups in total. The summed E-state index contributed by atoms with van der Waals surface area (Å²) in [7, 11) is 4.60. The molecule has 0 bridgehead atoms. The van der Waals surface area contributed by atoms with Gasteiger partial charge in [-0.15, -0.1) is 0 Å². The van der Waals surface area contributed by atoms with Crippen LogP contribution < -0.4 is 14.2 Å². The Labute approximate surface area is 228 Å². The van der Waals surface area contributed by atoms with Crippen LogP contribution in [-0.4, -0.2) is 64.2 Å². The van der Waals surface area contributed by atoms with Gasteiger partial charge in [0.15, 0.2) is 17.8 Å². The van der Waals surface area contributed by atoms with E-state index in [1.165, 1.54) is 21.3 Å². The Hall–Kier alpha value is -2.19. The average molecular weight is 552 g/mol. The number of carbonyl (C=O) groups excluding carboxylic acids is 1. The number of carbonyl (C=O) groups is 1. The number of ether oxygens (including phenoxy) is 5. The molecule has 2 aromatic carbocycles. The molecule has 2 aliphatic heterocycles. The Kier molecular flexibility index (Phi) is 9.11. The molecule has 2 fully saturated rings. The number of hydrogen-bond acceptors (Lipinski definition) is 6. The zero-order valence-electron chi connectivity index (χ0n) is 21.9. The van der Waals surface area contributed by atoms with E-state index in [2.05, 4.69) is 6.92 Å². The summed E-state index contributed by atoms with van der Waals surface area (Å²) in [4.78, 5) is 15.7. The maximum atomic E-state index is 13.9. The number of methoxy groups -OCH3 is 3. The number of halogens is 2. The lowest BCUT2D eigenvalue weighted by Gasteiger charge is -2.37. The Morgan fingerprint density at radius 3 is 2.35 bits per heavy atom. The molecular formula is C28H35Cl2NO6. The third-order valence-electron chi connectivity index (χ3n) is 7.32. The van der Waals surface area contributed by atoms with Gasteiger partial charge in [-0.3, -0.25) is 4.79 Å². The second-order valence-corrected chi connectivity index (χ2v) is 10.4. The van der Waals surface area contributed by atoms with Gasteiger partial charge in [0.2, 0.25) is 5.75 Å². The smallest absolute Gasteiger partial charge is 0.254 e. The maximum absolute atomic E-state index is 13.9. The third-order valence-corrected chi connectivity index (χ3v) is 8.06. The van der Waals surface area contributed by atoms with Crippen molar-refractivity contribution >= 4 is 29.1 Å². The van der Waals surface area contributed by atoms with Gasteiger partial charge in [0.05, 0.1) is 37.5 Å². The molecule has 0 radical (unpaired) electrons. The van der Waals surface area contributed by atoms with Crippen LogP contribution in [-0.2, 0) is 14.9 Å². The number of benzene rings is 2. The number of likely N-dealkylation sites (tertiary alicyclic amines) is 1. The molecule has 3 atom stereocenters. The molecule has 9 heteroatoms. The number of amides is 1. The first kappa shape index (κ1) is 27.8. The van der Waals surface area contributed by atoms with Crippen LogP contribution in [0.3, 0.4) is 0 Å². The van der Waals surface area contributed by atoms with Crippen molar-refractivity contribution in [2.24, 2.45) is 0 Å². The first-order valence-electron chi connectivity index (χ1n) is 12.7. The molecular weight excluding hydrogens is 517 g/mol. The van der Waals surface area contributed by atoms with Gasteiger partial charge in [0.25, 0.3) is 5.91 Å². The highest BCUT2D eigenvalue weighted by molar-refractivity contribution is 6.42. The molecule has 202 valence electrons. The summed E-state index contributed by atoms with van der Waals surface area (Å²) < 4.78 is 29.0. The Bertz CT molecular complexity index is 1080. The molecule has 3 unspecified atom stereocenters. The summed E-state index contributed by atoms with van der Waals surface area (Å²) in [5.74, 6) is 1.15. The zero-order valence-corrected chi connectivity index (χ0v) is 23.4. The summed E-state index contributed by atoms with van der Waals surface area (Å²) >= 11 is 12.7. The Balaban J connectivity index is 1.73. The van der Waals surface area contributed by atoms with E-state index in [1.807, 2.05) is 23.1 Å². The number of hydrogen-bond donors (Lipinski definition) is 0. The highest BCUT2D eigenvalue weighted by Gasteiger charge is 2.50. The van der Waals surface area contributed by atoms with E-state index in [0.29, 0.717) is 52.6 Å². The van der Waals surface area contributed by atoms with Crippen LogP contribution in [0.4, 0.5) is 0 Å². The predicted molar refractivity (Wildman–Crippen MR) is 144 cm³/mol. The van der Waals surface area contributed by atoms with Gasteiger partial charge in [0.1, 0.15) is 0 Å². The van der Waals surface area contributed by atoms with Crippen LogP contribution in [0.15, 0.2) is 30.3 Å². The SMILES string of the molecule is CCCC1(c2ccc(Cl)c(Cl)c2)CN(C(=O)c2cc(OC)c(OC)c(OC)c2)CC1OC1CCCCO1. The molecule has 0 spiro atoms. The minimum atomic E-state index is -0.472. The van der Waals surface area contributed by atoms with Gasteiger partial charge in [-0.25, -0.2) is 0 Å². The first-order chi connectivity index (χ1) is 17.9. The van der Waals surface area contributed by atoms with E-state index in [9.17, 15) is 4.79 Å². The van der Waals surface area contributed by atoms with Crippen LogP contribution in [0.2, 0.25) is 10.0 Å². The lowest BCUT2D eigenvalue weighted by molar-refractivity contribution is -0.195. The van der Waals surface area contributed by atoms with Crippen molar-refractivity contribution in [2.75, 3.05) is 41.0 Å². The minimum absolute atomic E-state index is 0.143. The normalized spacial score (nSPS) is 23.7. The van der Waals surface area contributed by atoms with Crippen LogP contribution >= 0.6 is 23.2 Å². The molecule has 2 aromatic rings. The van der Waals surface area contributed by atoms with Crippen LogP contribution in [0.1, 0.15) is 54.9 Å². The van der Waals surface area contributed by atoms with Gasteiger partial charge < -0.3 is 28.6 Å². The fourth-order valence-corrected chi connectivity index (χ4v) is 5.81. The second-order valence-electron chi connectivity index (χ2n) is 9.56. The second kappa shape index (κ2) is 12.1. The van der Waals surface area contributed by atoms with E-state index in [1.54, 1.807) is 12.1 Å². The molecule has 0 saturated carbocycles. The predicted octanol–water partition coefficient (Wildman–Crippen LogP) is 6.12. The standard InChI is InChI=1S/C28H35Cl2NO6/c1-5-11-28(19-9-10-20(29)21(30)15-19)17-31(16-24(28)37-25-8-6-7-12-36-25)27(32)18-13-22(33-2)26(35-4)23(14-18)34-3/h9-10,13-15,24-25H,5-8,11-12,16-17H2,1-4H3. The van der Waals surface area contributed by atoms with Gasteiger partial charge in [0, 0.05) is 30.7 Å². The van der Waals surface area contributed by atoms with Crippen molar-refractivity contribution in [1.82, 2.24) is 4.90 Å². The lowest BCUT2D eigenvalue weighted by Crippen LogP contribution is -2.43. The molecule has 1 amide bonds. The summed E-state index contributed by atoms with van der Waals surface area (Å²) in [6, 6.07) is 9.08. The summed E-state index contributed by atoms with van der Waals surface area (Å²) in [6.07, 6.45) is 4.05. The fraction of sp³-hybridized carbons (Fsp3) is 0.536. The monoisotopic (exact) mass is 551 g/mol. The molecule has 7 nitrogen and oxygen atoms in total. The van der Waals surface area contributed by atoms with Gasteiger partial charge >= 0.3 is 0 Å². The number of nitrogens with zero attached hydrogens (tertiary/aromatic N) is 1. The van der Waals surface area contributed by atoms with Crippen LogP contribution in [0, 0.1) is 0 Å². The van der Waals surface area contributed by atoms with E-state index < -0.39 is 5.41 Å². The molecule has 0 aliphatic carbocycles. The average Bonchev–Trinajstić information content (AvgIpc) is 3.28. The number of rotatable bonds is 9. The van der Waals surface area contributed by atoms with E-state index in [0.717, 1.165) is 37.7 Å². The first-order valence-corrected chi connectivity index (χ1v) is 13.4. The van der Waals surface area contributed by atoms with Crippen molar-refractivity contribution < 1.29 is 28.5 Å². The largest absolute Gasteiger partial charge is 0.493 e. The molecule has 4 rings (SSSR count).